The van der Waals surface area contributed by atoms with Gasteiger partial charge in [0.15, 0.2) is 0 Å². The molecule has 0 aliphatic heterocycles. The van der Waals surface area contributed by atoms with Crippen molar-refractivity contribution < 1.29 is 12.8 Å². The van der Waals surface area contributed by atoms with E-state index in [4.69, 9.17) is 4.42 Å². The van der Waals surface area contributed by atoms with Crippen molar-refractivity contribution in [3.05, 3.63) is 17.9 Å². The van der Waals surface area contributed by atoms with Crippen molar-refractivity contribution in [2.24, 2.45) is 0 Å². The normalized spacial score (nSPS) is 15.8. The first-order valence-electron chi connectivity index (χ1n) is 7.90. The molecule has 0 amide bonds. The van der Waals surface area contributed by atoms with Crippen molar-refractivity contribution in [2.45, 2.75) is 63.6 Å². The van der Waals surface area contributed by atoms with Crippen LogP contribution in [0.15, 0.2) is 21.6 Å². The van der Waals surface area contributed by atoms with Gasteiger partial charge in [0.1, 0.15) is 5.76 Å². The van der Waals surface area contributed by atoms with Crippen LogP contribution in [0.1, 0.15) is 51.7 Å². The molecule has 0 unspecified atom stereocenters. The van der Waals surface area contributed by atoms with Gasteiger partial charge in [-0.05, 0) is 44.4 Å². The number of rotatable bonds is 10. The quantitative estimate of drug-likeness (QED) is 0.675. The van der Waals surface area contributed by atoms with Crippen LogP contribution in [0, 0.1) is 0 Å². The van der Waals surface area contributed by atoms with Crippen LogP contribution in [0.25, 0.3) is 0 Å². The van der Waals surface area contributed by atoms with E-state index in [1.165, 1.54) is 0 Å². The van der Waals surface area contributed by atoms with Gasteiger partial charge in [-0.2, -0.15) is 4.31 Å². The van der Waals surface area contributed by atoms with Crippen molar-refractivity contribution in [2.75, 3.05) is 13.1 Å². The summed E-state index contributed by atoms with van der Waals surface area (Å²) in [5.74, 6) is 0.674. The molecule has 1 heterocycles. The minimum absolute atomic E-state index is 0.0822. The Labute approximate surface area is 127 Å². The molecule has 0 spiro atoms. The second kappa shape index (κ2) is 7.42. The lowest BCUT2D eigenvalue weighted by Gasteiger charge is -2.20. The Hall–Kier alpha value is -0.850. The number of hydrogen-bond donors (Lipinski definition) is 1. The van der Waals surface area contributed by atoms with Gasteiger partial charge in [-0.1, -0.05) is 20.3 Å². The van der Waals surface area contributed by atoms with E-state index < -0.39 is 10.0 Å². The molecule has 1 aliphatic rings. The van der Waals surface area contributed by atoms with Crippen molar-refractivity contribution in [1.82, 2.24) is 9.62 Å². The molecule has 1 N–H and O–H groups in total. The lowest BCUT2D eigenvalue weighted by atomic mass is 10.3. The Morgan fingerprint density at radius 3 is 2.67 bits per heavy atom. The van der Waals surface area contributed by atoms with Gasteiger partial charge in [-0.3, -0.25) is 0 Å². The Morgan fingerprint density at radius 2 is 2.05 bits per heavy atom. The molecule has 0 atom stereocenters. The summed E-state index contributed by atoms with van der Waals surface area (Å²) in [6.07, 6.45) is 4.85. The molecule has 21 heavy (non-hydrogen) atoms. The highest BCUT2D eigenvalue weighted by atomic mass is 32.2. The summed E-state index contributed by atoms with van der Waals surface area (Å²) in [6, 6.07) is 3.51. The Morgan fingerprint density at radius 1 is 1.29 bits per heavy atom. The summed E-state index contributed by atoms with van der Waals surface area (Å²) in [5.41, 5.74) is 0. The third-order valence-corrected chi connectivity index (χ3v) is 5.44. The highest BCUT2D eigenvalue weighted by molar-refractivity contribution is 7.89. The van der Waals surface area contributed by atoms with E-state index in [0.717, 1.165) is 38.6 Å². The molecule has 1 aliphatic carbocycles. The van der Waals surface area contributed by atoms with Crippen LogP contribution < -0.4 is 5.32 Å². The maximum absolute atomic E-state index is 12.7. The summed E-state index contributed by atoms with van der Waals surface area (Å²) in [7, 11) is -3.48. The van der Waals surface area contributed by atoms with E-state index in [1.54, 1.807) is 16.4 Å². The van der Waals surface area contributed by atoms with Gasteiger partial charge >= 0.3 is 0 Å². The molecule has 1 aromatic rings. The van der Waals surface area contributed by atoms with Crippen LogP contribution in [0.3, 0.4) is 0 Å². The molecule has 0 saturated heterocycles. The van der Waals surface area contributed by atoms with E-state index >= 15 is 0 Å². The number of unbranched alkanes of at least 4 members (excludes halogenated alkanes) is 1. The number of nitrogens with zero attached hydrogens (tertiary/aromatic N) is 1. The number of furan rings is 1. The molecule has 1 saturated carbocycles. The molecular formula is C15H26N2O3S. The van der Waals surface area contributed by atoms with E-state index in [-0.39, 0.29) is 11.1 Å². The van der Waals surface area contributed by atoms with Crippen LogP contribution in [0.5, 0.6) is 0 Å². The van der Waals surface area contributed by atoms with Crippen LogP contribution in [0.4, 0.5) is 0 Å². The van der Waals surface area contributed by atoms with Gasteiger partial charge in [0.2, 0.25) is 5.09 Å². The molecule has 0 aromatic carbocycles. The standard InChI is InChI=1S/C15H26N2O3S/c1-3-5-11-17(13-6-7-13)21(18,19)15-9-8-14(20-15)12-16-10-4-2/h8-9,13,16H,3-7,10-12H2,1-2H3. The average Bonchev–Trinajstić information content (AvgIpc) is 3.16. The first-order valence-corrected chi connectivity index (χ1v) is 9.34. The molecule has 120 valence electrons. The zero-order valence-electron chi connectivity index (χ0n) is 13.0. The fourth-order valence-corrected chi connectivity index (χ4v) is 3.93. The lowest BCUT2D eigenvalue weighted by molar-refractivity contribution is 0.355. The fourth-order valence-electron chi connectivity index (χ4n) is 2.27. The molecule has 2 rings (SSSR count). The Bertz CT molecular complexity index is 535. The number of hydrogen-bond acceptors (Lipinski definition) is 4. The summed E-state index contributed by atoms with van der Waals surface area (Å²) in [5, 5.41) is 3.29. The zero-order valence-corrected chi connectivity index (χ0v) is 13.8. The van der Waals surface area contributed by atoms with E-state index in [1.807, 2.05) is 0 Å². The molecular weight excluding hydrogens is 288 g/mol. The largest absolute Gasteiger partial charge is 0.447 e. The zero-order chi connectivity index (χ0) is 15.3. The van der Waals surface area contributed by atoms with Gasteiger partial charge < -0.3 is 9.73 Å². The smallest absolute Gasteiger partial charge is 0.276 e. The summed E-state index contributed by atoms with van der Waals surface area (Å²) < 4.78 is 32.5. The first kappa shape index (κ1) is 16.5. The first-order chi connectivity index (χ1) is 10.1. The van der Waals surface area contributed by atoms with E-state index in [9.17, 15) is 8.42 Å². The van der Waals surface area contributed by atoms with Crippen LogP contribution in [-0.2, 0) is 16.6 Å². The van der Waals surface area contributed by atoms with Gasteiger partial charge in [0.05, 0.1) is 6.54 Å². The second-order valence-corrected chi connectivity index (χ2v) is 7.42. The number of sulfonamides is 1. The Balaban J connectivity index is 2.06. The highest BCUT2D eigenvalue weighted by Gasteiger charge is 2.39. The minimum atomic E-state index is -3.48. The topological polar surface area (TPSA) is 62.6 Å². The van der Waals surface area contributed by atoms with Crippen molar-refractivity contribution in [1.29, 1.82) is 0 Å². The molecule has 5 nitrogen and oxygen atoms in total. The number of nitrogens with one attached hydrogen (secondary N) is 1. The van der Waals surface area contributed by atoms with Gasteiger partial charge in [-0.15, -0.1) is 0 Å². The van der Waals surface area contributed by atoms with Crippen LogP contribution >= 0.6 is 0 Å². The third kappa shape index (κ3) is 4.31. The monoisotopic (exact) mass is 314 g/mol. The third-order valence-electron chi connectivity index (χ3n) is 3.61. The predicted molar refractivity (Wildman–Crippen MR) is 82.5 cm³/mol. The molecule has 0 bridgehead atoms. The fraction of sp³-hybridized carbons (Fsp3) is 0.733. The minimum Gasteiger partial charge on any atom is -0.447 e. The molecule has 1 aromatic heterocycles. The average molecular weight is 314 g/mol. The maximum Gasteiger partial charge on any atom is 0.276 e. The van der Waals surface area contributed by atoms with E-state index in [0.29, 0.717) is 18.8 Å². The SMILES string of the molecule is CCCCN(C1CC1)S(=O)(=O)c1ccc(CNCCC)o1. The second-order valence-electron chi connectivity index (χ2n) is 5.60. The van der Waals surface area contributed by atoms with Gasteiger partial charge in [-0.25, -0.2) is 8.42 Å². The van der Waals surface area contributed by atoms with Crippen molar-refractivity contribution in [3.8, 4) is 0 Å². The predicted octanol–water partition coefficient (Wildman–Crippen LogP) is 2.73. The molecule has 0 radical (unpaired) electrons. The van der Waals surface area contributed by atoms with Crippen molar-refractivity contribution in [3.63, 3.8) is 0 Å². The van der Waals surface area contributed by atoms with E-state index in [2.05, 4.69) is 19.2 Å². The highest BCUT2D eigenvalue weighted by Crippen LogP contribution is 2.32. The van der Waals surface area contributed by atoms with Gasteiger partial charge in [0, 0.05) is 12.6 Å². The summed E-state index contributed by atoms with van der Waals surface area (Å²) in [6.45, 7) is 6.22. The maximum atomic E-state index is 12.7. The molecule has 6 heteroatoms. The summed E-state index contributed by atoms with van der Waals surface area (Å²) >= 11 is 0. The van der Waals surface area contributed by atoms with Gasteiger partial charge in [0.25, 0.3) is 10.0 Å². The summed E-state index contributed by atoms with van der Waals surface area (Å²) in [4.78, 5) is 0. The Kier molecular flexibility index (Phi) is 5.84. The van der Waals surface area contributed by atoms with Crippen molar-refractivity contribution >= 4 is 10.0 Å². The van der Waals surface area contributed by atoms with Crippen LogP contribution in [-0.4, -0.2) is 31.9 Å². The lowest BCUT2D eigenvalue weighted by Crippen LogP contribution is -2.33. The molecule has 1 fully saturated rings. The van der Waals surface area contributed by atoms with Crippen LogP contribution in [0.2, 0.25) is 0 Å².